The van der Waals surface area contributed by atoms with Gasteiger partial charge >= 0.3 is 0 Å². The van der Waals surface area contributed by atoms with Crippen LogP contribution in [-0.4, -0.2) is 43.6 Å². The van der Waals surface area contributed by atoms with Gasteiger partial charge < -0.3 is 9.53 Å². The van der Waals surface area contributed by atoms with Gasteiger partial charge in [-0.3, -0.25) is 4.90 Å². The Morgan fingerprint density at radius 3 is 2.36 bits per heavy atom. The molecule has 0 aromatic heterocycles. The lowest BCUT2D eigenvalue weighted by Crippen LogP contribution is -2.60. The van der Waals surface area contributed by atoms with E-state index in [9.17, 15) is 5.11 Å². The number of nitrogens with zero attached hydrogens (tertiary/aromatic N) is 1. The molecule has 1 aromatic rings. The summed E-state index contributed by atoms with van der Waals surface area (Å²) >= 11 is 0. The maximum Gasteiger partial charge on any atom is 0.192 e. The zero-order valence-electron chi connectivity index (χ0n) is 14.7. The van der Waals surface area contributed by atoms with Gasteiger partial charge in [-0.25, -0.2) is 0 Å². The molecule has 0 saturated carbocycles. The van der Waals surface area contributed by atoms with Crippen molar-refractivity contribution in [2.75, 3.05) is 13.2 Å². The van der Waals surface area contributed by atoms with Crippen molar-refractivity contribution < 1.29 is 9.53 Å². The lowest BCUT2D eigenvalue weighted by Gasteiger charge is -2.49. The lowest BCUT2D eigenvalue weighted by molar-refractivity contribution is -0.0450. The molecule has 22 heavy (non-hydrogen) atoms. The average molecular weight is 322 g/mol. The third-order valence-electron chi connectivity index (χ3n) is 5.34. The quantitative estimate of drug-likeness (QED) is 0.812. The number of aliphatic hydroxyl groups excluding tert-OH is 1. The lowest BCUT2D eigenvalue weighted by atomic mass is 9.93. The first kappa shape index (κ1) is 17.7. The Bertz CT molecular complexity index is 470. The van der Waals surface area contributed by atoms with E-state index in [1.165, 1.54) is 5.56 Å². The molecule has 0 spiro atoms. The molecule has 0 amide bonds. The van der Waals surface area contributed by atoms with E-state index in [2.05, 4.69) is 63.0 Å². The molecule has 1 fully saturated rings. The van der Waals surface area contributed by atoms with Gasteiger partial charge in [-0.2, -0.15) is 0 Å². The van der Waals surface area contributed by atoms with Crippen molar-refractivity contribution in [3.63, 3.8) is 0 Å². The molecule has 0 aliphatic carbocycles. The van der Waals surface area contributed by atoms with Gasteiger partial charge in [0.2, 0.25) is 0 Å². The summed E-state index contributed by atoms with van der Waals surface area (Å²) in [6.07, 6.45) is 1.04. The van der Waals surface area contributed by atoms with Gasteiger partial charge in [0.25, 0.3) is 0 Å². The fourth-order valence-corrected chi connectivity index (χ4v) is 3.70. The van der Waals surface area contributed by atoms with Crippen molar-refractivity contribution >= 4 is 8.32 Å². The van der Waals surface area contributed by atoms with Crippen molar-refractivity contribution in [3.8, 4) is 0 Å². The fourth-order valence-electron chi connectivity index (χ4n) is 2.66. The molecule has 2 rings (SSSR count). The molecular weight excluding hydrogens is 290 g/mol. The van der Waals surface area contributed by atoms with Crippen LogP contribution in [0, 0.1) is 0 Å². The number of aliphatic hydroxyl groups is 1. The Morgan fingerprint density at radius 1 is 1.18 bits per heavy atom. The Balaban J connectivity index is 1.94. The second-order valence-corrected chi connectivity index (χ2v) is 12.8. The maximum absolute atomic E-state index is 9.54. The molecule has 124 valence electrons. The first-order chi connectivity index (χ1) is 10.2. The minimum absolute atomic E-state index is 0.240. The summed E-state index contributed by atoms with van der Waals surface area (Å²) in [6, 6.07) is 11.2. The number of benzene rings is 1. The van der Waals surface area contributed by atoms with Crippen LogP contribution >= 0.6 is 0 Å². The van der Waals surface area contributed by atoms with Crippen LogP contribution in [0.25, 0.3) is 0 Å². The zero-order chi connectivity index (χ0) is 16.4. The third kappa shape index (κ3) is 3.99. The summed E-state index contributed by atoms with van der Waals surface area (Å²) < 4.78 is 6.37. The van der Waals surface area contributed by atoms with Gasteiger partial charge in [0.1, 0.15) is 0 Å². The van der Waals surface area contributed by atoms with E-state index in [1.807, 2.05) is 6.07 Å². The second-order valence-electron chi connectivity index (χ2n) is 7.96. The average Bonchev–Trinajstić information content (AvgIpc) is 2.44. The van der Waals surface area contributed by atoms with Gasteiger partial charge in [0, 0.05) is 25.2 Å². The van der Waals surface area contributed by atoms with Crippen LogP contribution in [0.4, 0.5) is 0 Å². The monoisotopic (exact) mass is 321 g/mol. The first-order valence-electron chi connectivity index (χ1n) is 8.29. The molecule has 1 saturated heterocycles. The van der Waals surface area contributed by atoms with Crippen molar-refractivity contribution in [3.05, 3.63) is 35.9 Å². The molecule has 1 heterocycles. The molecule has 1 N–H and O–H groups in total. The third-order valence-corrected chi connectivity index (χ3v) is 9.84. The molecule has 1 aliphatic heterocycles. The Kier molecular flexibility index (Phi) is 5.48. The highest BCUT2D eigenvalue weighted by molar-refractivity contribution is 6.74. The number of rotatable bonds is 6. The van der Waals surface area contributed by atoms with Crippen LogP contribution in [0.5, 0.6) is 0 Å². The van der Waals surface area contributed by atoms with Gasteiger partial charge in [0.05, 0.1) is 6.61 Å². The van der Waals surface area contributed by atoms with Crippen LogP contribution in [-0.2, 0) is 11.0 Å². The molecule has 0 bridgehead atoms. The summed E-state index contributed by atoms with van der Waals surface area (Å²) in [5, 5.41) is 9.78. The molecule has 1 aliphatic rings. The largest absolute Gasteiger partial charge is 0.415 e. The number of hydrogen-bond donors (Lipinski definition) is 1. The van der Waals surface area contributed by atoms with E-state index < -0.39 is 8.32 Å². The van der Waals surface area contributed by atoms with Crippen LogP contribution < -0.4 is 0 Å². The minimum atomic E-state index is -1.69. The van der Waals surface area contributed by atoms with Crippen molar-refractivity contribution in [1.82, 2.24) is 4.90 Å². The van der Waals surface area contributed by atoms with E-state index in [-0.39, 0.29) is 17.7 Å². The van der Waals surface area contributed by atoms with Crippen molar-refractivity contribution in [2.24, 2.45) is 0 Å². The van der Waals surface area contributed by atoms with Crippen molar-refractivity contribution in [2.45, 2.75) is 64.0 Å². The zero-order valence-corrected chi connectivity index (χ0v) is 15.7. The predicted octanol–water partition coefficient (Wildman–Crippen LogP) is 3.64. The number of hydrogen-bond acceptors (Lipinski definition) is 3. The Labute approximate surface area is 136 Å². The normalized spacial score (nSPS) is 23.4. The van der Waals surface area contributed by atoms with Gasteiger partial charge in [0.15, 0.2) is 8.32 Å². The van der Waals surface area contributed by atoms with E-state index in [0.717, 1.165) is 19.6 Å². The molecule has 0 unspecified atom stereocenters. The second kappa shape index (κ2) is 6.83. The SMILES string of the molecule is CC(C)(C)[Si](C)(C)OC[C@H]1C[C@@H](CO)N1Cc1ccccc1. The van der Waals surface area contributed by atoms with Crippen molar-refractivity contribution in [1.29, 1.82) is 0 Å². The summed E-state index contributed by atoms with van der Waals surface area (Å²) in [4.78, 5) is 2.39. The van der Waals surface area contributed by atoms with Gasteiger partial charge in [-0.15, -0.1) is 0 Å². The van der Waals surface area contributed by atoms with Crippen LogP contribution in [0.3, 0.4) is 0 Å². The van der Waals surface area contributed by atoms with E-state index in [0.29, 0.717) is 6.04 Å². The minimum Gasteiger partial charge on any atom is -0.415 e. The molecule has 0 radical (unpaired) electrons. The summed E-state index contributed by atoms with van der Waals surface area (Å²) in [5.74, 6) is 0. The van der Waals surface area contributed by atoms with E-state index in [4.69, 9.17) is 4.43 Å². The topological polar surface area (TPSA) is 32.7 Å². The van der Waals surface area contributed by atoms with Gasteiger partial charge in [-0.1, -0.05) is 51.1 Å². The van der Waals surface area contributed by atoms with Crippen LogP contribution in [0.2, 0.25) is 18.1 Å². The van der Waals surface area contributed by atoms with Crippen LogP contribution in [0.1, 0.15) is 32.8 Å². The predicted molar refractivity (Wildman–Crippen MR) is 94.4 cm³/mol. The smallest absolute Gasteiger partial charge is 0.192 e. The highest BCUT2D eigenvalue weighted by atomic mass is 28.4. The van der Waals surface area contributed by atoms with Gasteiger partial charge in [-0.05, 0) is 30.1 Å². The summed E-state index contributed by atoms with van der Waals surface area (Å²) in [5.41, 5.74) is 1.30. The highest BCUT2D eigenvalue weighted by Crippen LogP contribution is 2.38. The summed E-state index contributed by atoms with van der Waals surface area (Å²) in [6.45, 7) is 13.4. The van der Waals surface area contributed by atoms with E-state index >= 15 is 0 Å². The first-order valence-corrected chi connectivity index (χ1v) is 11.2. The summed E-state index contributed by atoms with van der Waals surface area (Å²) in [7, 11) is -1.69. The Morgan fingerprint density at radius 2 is 1.82 bits per heavy atom. The molecule has 3 nitrogen and oxygen atoms in total. The molecule has 2 atom stereocenters. The Hall–Kier alpha value is -0.683. The van der Waals surface area contributed by atoms with Crippen LogP contribution in [0.15, 0.2) is 30.3 Å². The maximum atomic E-state index is 9.54. The molecular formula is C18H31NO2Si. The molecule has 4 heteroatoms. The highest BCUT2D eigenvalue weighted by Gasteiger charge is 2.42. The number of likely N-dealkylation sites (tertiary alicyclic amines) is 1. The fraction of sp³-hybridized carbons (Fsp3) is 0.667. The molecule has 1 aromatic carbocycles. The van der Waals surface area contributed by atoms with E-state index in [1.54, 1.807) is 0 Å². The standard InChI is InChI=1S/C18H31NO2Si/c1-18(2,3)22(4,5)21-14-17-11-16(13-20)19(17)12-15-9-7-6-8-10-15/h6-10,16-17,20H,11-14H2,1-5H3/t16-,17+/m0/s1.